The maximum Gasteiger partial charge on any atom is 0.230 e. The maximum absolute atomic E-state index is 12.7. The third-order valence-electron chi connectivity index (χ3n) is 4.70. The van der Waals surface area contributed by atoms with Gasteiger partial charge in [0.2, 0.25) is 5.91 Å². The molecule has 1 aromatic carbocycles. The van der Waals surface area contributed by atoms with Crippen LogP contribution in [0.5, 0.6) is 0 Å². The molecule has 1 aliphatic rings. The van der Waals surface area contributed by atoms with Gasteiger partial charge in [-0.3, -0.25) is 4.79 Å². The molecule has 1 fully saturated rings. The first-order chi connectivity index (χ1) is 10.5. The molecule has 1 aromatic rings. The van der Waals surface area contributed by atoms with Crippen LogP contribution in [0.1, 0.15) is 38.7 Å². The van der Waals surface area contributed by atoms with Crippen molar-refractivity contribution >= 4 is 29.1 Å². The number of halogens is 2. The number of carbonyl (C=O) groups excluding carboxylic acids is 1. The highest BCUT2D eigenvalue weighted by atomic mass is 35.5. The molecule has 0 aromatic heterocycles. The number of benzene rings is 1. The van der Waals surface area contributed by atoms with E-state index in [1.165, 1.54) is 0 Å². The van der Waals surface area contributed by atoms with E-state index in [2.05, 4.69) is 24.1 Å². The summed E-state index contributed by atoms with van der Waals surface area (Å²) in [5.41, 5.74) is 0.440. The molecule has 1 amide bonds. The van der Waals surface area contributed by atoms with Crippen LogP contribution in [0.3, 0.4) is 0 Å². The summed E-state index contributed by atoms with van der Waals surface area (Å²) in [4.78, 5) is 15.0. The molecule has 0 saturated heterocycles. The molecule has 1 N–H and O–H groups in total. The maximum atomic E-state index is 12.7. The summed E-state index contributed by atoms with van der Waals surface area (Å²) in [6.07, 6.45) is 2.76. The zero-order valence-electron chi connectivity index (χ0n) is 13.3. The summed E-state index contributed by atoms with van der Waals surface area (Å²) in [6.45, 7) is 7.82. The van der Waals surface area contributed by atoms with Crippen molar-refractivity contribution in [2.45, 2.75) is 38.5 Å². The molecule has 0 heterocycles. The van der Waals surface area contributed by atoms with Crippen molar-refractivity contribution in [3.05, 3.63) is 33.8 Å². The van der Waals surface area contributed by atoms with E-state index in [0.717, 1.165) is 44.5 Å². The second-order valence-corrected chi connectivity index (χ2v) is 6.69. The molecule has 22 heavy (non-hydrogen) atoms. The summed E-state index contributed by atoms with van der Waals surface area (Å²) in [5.74, 6) is 0.0927. The second kappa shape index (κ2) is 7.67. The summed E-state index contributed by atoms with van der Waals surface area (Å²) < 4.78 is 0. The van der Waals surface area contributed by atoms with Gasteiger partial charge in [-0.1, -0.05) is 49.5 Å². The van der Waals surface area contributed by atoms with E-state index in [1.807, 2.05) is 12.1 Å². The van der Waals surface area contributed by atoms with Gasteiger partial charge < -0.3 is 10.2 Å². The summed E-state index contributed by atoms with van der Waals surface area (Å²) in [7, 11) is 0. The molecular weight excluding hydrogens is 319 g/mol. The largest absolute Gasteiger partial charge is 0.354 e. The third kappa shape index (κ3) is 3.58. The van der Waals surface area contributed by atoms with Gasteiger partial charge in [0.05, 0.1) is 5.41 Å². The number of nitrogens with one attached hydrogen (secondary N) is 1. The van der Waals surface area contributed by atoms with Crippen LogP contribution in [0.15, 0.2) is 18.2 Å². The quantitative estimate of drug-likeness (QED) is 0.815. The fourth-order valence-electron chi connectivity index (χ4n) is 3.06. The van der Waals surface area contributed by atoms with Gasteiger partial charge in [-0.2, -0.15) is 0 Å². The van der Waals surface area contributed by atoms with Crippen LogP contribution < -0.4 is 5.32 Å². The van der Waals surface area contributed by atoms with Crippen molar-refractivity contribution in [2.24, 2.45) is 0 Å². The Morgan fingerprint density at radius 1 is 1.27 bits per heavy atom. The van der Waals surface area contributed by atoms with Crippen molar-refractivity contribution in [2.75, 3.05) is 26.2 Å². The number of hydrogen-bond acceptors (Lipinski definition) is 2. The topological polar surface area (TPSA) is 32.3 Å². The zero-order valence-corrected chi connectivity index (χ0v) is 14.8. The number of rotatable bonds is 7. The lowest BCUT2D eigenvalue weighted by atomic mass is 9.63. The molecule has 0 bridgehead atoms. The van der Waals surface area contributed by atoms with Crippen molar-refractivity contribution in [3.8, 4) is 0 Å². The van der Waals surface area contributed by atoms with E-state index in [4.69, 9.17) is 23.2 Å². The first kappa shape index (κ1) is 17.6. The van der Waals surface area contributed by atoms with Gasteiger partial charge in [0.1, 0.15) is 0 Å². The van der Waals surface area contributed by atoms with Crippen molar-refractivity contribution < 1.29 is 4.79 Å². The Labute approximate surface area is 143 Å². The first-order valence-corrected chi connectivity index (χ1v) is 8.75. The Hall–Kier alpha value is -0.770. The Balaban J connectivity index is 2.05. The normalized spacial score (nSPS) is 16.4. The van der Waals surface area contributed by atoms with Crippen LogP contribution in [0, 0.1) is 0 Å². The van der Waals surface area contributed by atoms with Gasteiger partial charge in [0.15, 0.2) is 0 Å². The smallest absolute Gasteiger partial charge is 0.230 e. The fraction of sp³-hybridized carbons (Fsp3) is 0.588. The number of carbonyl (C=O) groups is 1. The van der Waals surface area contributed by atoms with E-state index in [-0.39, 0.29) is 5.91 Å². The molecule has 1 saturated carbocycles. The predicted octanol–water partition coefficient (Wildman–Crippen LogP) is 3.87. The van der Waals surface area contributed by atoms with Crippen LogP contribution in [-0.4, -0.2) is 37.0 Å². The van der Waals surface area contributed by atoms with Gasteiger partial charge in [0.25, 0.3) is 0 Å². The lowest BCUT2D eigenvalue weighted by Crippen LogP contribution is -2.50. The highest BCUT2D eigenvalue weighted by molar-refractivity contribution is 6.35. The monoisotopic (exact) mass is 342 g/mol. The van der Waals surface area contributed by atoms with Crippen molar-refractivity contribution in [1.29, 1.82) is 0 Å². The van der Waals surface area contributed by atoms with E-state index in [0.29, 0.717) is 16.6 Å². The van der Waals surface area contributed by atoms with E-state index in [9.17, 15) is 4.79 Å². The van der Waals surface area contributed by atoms with Crippen LogP contribution in [-0.2, 0) is 10.2 Å². The minimum absolute atomic E-state index is 0.0927. The van der Waals surface area contributed by atoms with Gasteiger partial charge >= 0.3 is 0 Å². The molecule has 2 rings (SSSR count). The predicted molar refractivity (Wildman–Crippen MR) is 92.8 cm³/mol. The minimum Gasteiger partial charge on any atom is -0.354 e. The van der Waals surface area contributed by atoms with Gasteiger partial charge in [-0.25, -0.2) is 0 Å². The molecule has 5 heteroatoms. The minimum atomic E-state index is -0.467. The lowest BCUT2D eigenvalue weighted by Gasteiger charge is -2.41. The Morgan fingerprint density at radius 2 is 1.95 bits per heavy atom. The SMILES string of the molecule is CCN(CC)CCNC(=O)C1(c2ccc(Cl)cc2Cl)CCC1. The number of nitrogens with zero attached hydrogens (tertiary/aromatic N) is 1. The van der Waals surface area contributed by atoms with Crippen LogP contribution >= 0.6 is 23.2 Å². The number of likely N-dealkylation sites (N-methyl/N-ethyl adjacent to an activating group) is 1. The van der Waals surface area contributed by atoms with Gasteiger partial charge in [-0.15, -0.1) is 0 Å². The Bertz CT molecular complexity index is 525. The number of hydrogen-bond donors (Lipinski definition) is 1. The Morgan fingerprint density at radius 3 is 2.45 bits per heavy atom. The highest BCUT2D eigenvalue weighted by Crippen LogP contribution is 2.46. The fourth-order valence-corrected chi connectivity index (χ4v) is 3.65. The molecule has 0 atom stereocenters. The molecular formula is C17H24Cl2N2O. The molecule has 1 aliphatic carbocycles. The first-order valence-electron chi connectivity index (χ1n) is 7.99. The van der Waals surface area contributed by atoms with Crippen LogP contribution in [0.25, 0.3) is 0 Å². The van der Waals surface area contributed by atoms with Crippen LogP contribution in [0.2, 0.25) is 10.0 Å². The average molecular weight is 343 g/mol. The molecule has 0 radical (unpaired) electrons. The van der Waals surface area contributed by atoms with Crippen LogP contribution in [0.4, 0.5) is 0 Å². The third-order valence-corrected chi connectivity index (χ3v) is 5.24. The molecule has 0 spiro atoms. The standard InChI is InChI=1S/C17H24Cl2N2O/c1-3-21(4-2)11-10-20-16(22)17(8-5-9-17)14-7-6-13(18)12-15(14)19/h6-7,12H,3-5,8-11H2,1-2H3,(H,20,22). The number of amides is 1. The van der Waals surface area contributed by atoms with Gasteiger partial charge in [-0.05, 0) is 43.6 Å². The lowest BCUT2D eigenvalue weighted by molar-refractivity contribution is -0.130. The molecule has 0 aliphatic heterocycles. The summed E-state index contributed by atoms with van der Waals surface area (Å²) >= 11 is 12.3. The summed E-state index contributed by atoms with van der Waals surface area (Å²) in [5, 5.41) is 4.28. The van der Waals surface area contributed by atoms with Gasteiger partial charge in [0, 0.05) is 23.1 Å². The molecule has 3 nitrogen and oxygen atoms in total. The Kier molecular flexibility index (Phi) is 6.13. The molecule has 122 valence electrons. The highest BCUT2D eigenvalue weighted by Gasteiger charge is 2.46. The van der Waals surface area contributed by atoms with E-state index < -0.39 is 5.41 Å². The van der Waals surface area contributed by atoms with Crippen molar-refractivity contribution in [1.82, 2.24) is 10.2 Å². The second-order valence-electron chi connectivity index (χ2n) is 5.84. The average Bonchev–Trinajstić information content (AvgIpc) is 2.44. The summed E-state index contributed by atoms with van der Waals surface area (Å²) in [6, 6.07) is 5.43. The van der Waals surface area contributed by atoms with E-state index >= 15 is 0 Å². The zero-order chi connectivity index (χ0) is 16.2. The molecule has 0 unspecified atom stereocenters. The van der Waals surface area contributed by atoms with E-state index in [1.54, 1.807) is 6.07 Å². The van der Waals surface area contributed by atoms with Crippen molar-refractivity contribution in [3.63, 3.8) is 0 Å².